The van der Waals surface area contributed by atoms with E-state index in [1.165, 1.54) is 11.4 Å². The molecule has 1 aromatic heterocycles. The Kier molecular flexibility index (Phi) is 2.27. The molecule has 1 aromatic rings. The van der Waals surface area contributed by atoms with E-state index in [9.17, 15) is 0 Å². The molecule has 0 spiro atoms. The van der Waals surface area contributed by atoms with Crippen molar-refractivity contribution in [1.82, 2.24) is 4.68 Å². The van der Waals surface area contributed by atoms with Gasteiger partial charge in [0.05, 0.1) is 12.6 Å². The molecule has 1 fully saturated rings. The molecule has 2 rings (SSSR count). The molecule has 1 aliphatic rings. The van der Waals surface area contributed by atoms with Gasteiger partial charge in [0, 0.05) is 18.0 Å². The molecule has 0 saturated carbocycles. The molecular weight excluding hydrogens is 164 g/mol. The van der Waals surface area contributed by atoms with Gasteiger partial charge in [-0.05, 0) is 32.4 Å². The number of nitrogens with zero attached hydrogens (tertiary/aromatic N) is 1. The second kappa shape index (κ2) is 3.42. The first kappa shape index (κ1) is 8.63. The lowest BCUT2D eigenvalue weighted by Crippen LogP contribution is -2.29. The summed E-state index contributed by atoms with van der Waals surface area (Å²) in [6.45, 7) is 5.93. The van der Waals surface area contributed by atoms with Gasteiger partial charge in [0.2, 0.25) is 0 Å². The van der Waals surface area contributed by atoms with E-state index in [1.807, 2.05) is 0 Å². The van der Waals surface area contributed by atoms with Crippen molar-refractivity contribution >= 4 is 0 Å². The van der Waals surface area contributed by atoms with Crippen LogP contribution in [0.3, 0.4) is 0 Å². The van der Waals surface area contributed by atoms with Crippen LogP contribution in [-0.2, 0) is 4.74 Å². The van der Waals surface area contributed by atoms with Crippen LogP contribution in [0.25, 0.3) is 0 Å². The standard InChI is InChI=1S/C10H16N2O/c1-8-3-4-9(2)12(8)11-10-5-6-13-7-10/h3-4,10-11H,5-7H2,1-2H3. The molecule has 0 bridgehead atoms. The Morgan fingerprint density at radius 2 is 2.08 bits per heavy atom. The molecule has 3 nitrogen and oxygen atoms in total. The lowest BCUT2D eigenvalue weighted by Gasteiger charge is -2.17. The number of hydrogen-bond donors (Lipinski definition) is 1. The third kappa shape index (κ3) is 1.70. The molecule has 0 radical (unpaired) electrons. The van der Waals surface area contributed by atoms with Gasteiger partial charge in [-0.25, -0.2) is 0 Å². The number of nitrogens with one attached hydrogen (secondary N) is 1. The third-order valence-corrected chi connectivity index (χ3v) is 2.51. The van der Waals surface area contributed by atoms with E-state index in [4.69, 9.17) is 4.74 Å². The summed E-state index contributed by atoms with van der Waals surface area (Å²) < 4.78 is 7.45. The van der Waals surface area contributed by atoms with Gasteiger partial charge < -0.3 is 10.2 Å². The van der Waals surface area contributed by atoms with Gasteiger partial charge in [-0.15, -0.1) is 0 Å². The maximum absolute atomic E-state index is 5.31. The van der Waals surface area contributed by atoms with Gasteiger partial charge >= 0.3 is 0 Å². The fraction of sp³-hybridized carbons (Fsp3) is 0.600. The van der Waals surface area contributed by atoms with Crippen LogP contribution in [0.5, 0.6) is 0 Å². The van der Waals surface area contributed by atoms with Crippen LogP contribution in [0, 0.1) is 13.8 Å². The van der Waals surface area contributed by atoms with E-state index >= 15 is 0 Å². The zero-order valence-corrected chi connectivity index (χ0v) is 8.21. The average Bonchev–Trinajstić information content (AvgIpc) is 2.70. The molecule has 0 aromatic carbocycles. The van der Waals surface area contributed by atoms with Gasteiger partial charge in [-0.3, -0.25) is 4.68 Å². The monoisotopic (exact) mass is 180 g/mol. The number of ether oxygens (including phenoxy) is 1. The van der Waals surface area contributed by atoms with Crippen molar-refractivity contribution in [2.75, 3.05) is 18.6 Å². The Labute approximate surface area is 78.7 Å². The smallest absolute Gasteiger partial charge is 0.0684 e. The van der Waals surface area contributed by atoms with Crippen molar-refractivity contribution in [3.63, 3.8) is 0 Å². The molecule has 1 unspecified atom stereocenters. The zero-order valence-electron chi connectivity index (χ0n) is 8.21. The summed E-state index contributed by atoms with van der Waals surface area (Å²) in [5.74, 6) is 0. The van der Waals surface area contributed by atoms with Gasteiger partial charge in [0.1, 0.15) is 0 Å². The molecule has 3 heteroatoms. The van der Waals surface area contributed by atoms with Crippen LogP contribution < -0.4 is 5.43 Å². The molecular formula is C10H16N2O. The summed E-state index contributed by atoms with van der Waals surface area (Å²) in [7, 11) is 0. The van der Waals surface area contributed by atoms with Crippen molar-refractivity contribution in [3.8, 4) is 0 Å². The van der Waals surface area contributed by atoms with E-state index in [2.05, 4.69) is 36.1 Å². The van der Waals surface area contributed by atoms with Gasteiger partial charge in [-0.2, -0.15) is 0 Å². The fourth-order valence-electron chi connectivity index (χ4n) is 1.69. The first-order valence-corrected chi connectivity index (χ1v) is 4.76. The maximum atomic E-state index is 5.31. The normalized spacial score (nSPS) is 22.2. The third-order valence-electron chi connectivity index (χ3n) is 2.51. The molecule has 1 saturated heterocycles. The Morgan fingerprint density at radius 3 is 2.62 bits per heavy atom. The maximum Gasteiger partial charge on any atom is 0.0684 e. The summed E-state index contributed by atoms with van der Waals surface area (Å²) in [4.78, 5) is 0. The van der Waals surface area contributed by atoms with Gasteiger partial charge in [0.15, 0.2) is 0 Å². The summed E-state index contributed by atoms with van der Waals surface area (Å²) in [5.41, 5.74) is 5.96. The highest BCUT2D eigenvalue weighted by atomic mass is 16.5. The SMILES string of the molecule is Cc1ccc(C)n1NC1CCOC1. The molecule has 2 heterocycles. The Hall–Kier alpha value is -0.960. The summed E-state index contributed by atoms with van der Waals surface area (Å²) in [5, 5.41) is 0. The van der Waals surface area contributed by atoms with Crippen LogP contribution in [0.4, 0.5) is 0 Å². The molecule has 1 aliphatic heterocycles. The van der Waals surface area contributed by atoms with Crippen LogP contribution in [0.15, 0.2) is 12.1 Å². The first-order chi connectivity index (χ1) is 6.27. The van der Waals surface area contributed by atoms with Crippen LogP contribution in [0.1, 0.15) is 17.8 Å². The molecule has 1 N–H and O–H groups in total. The topological polar surface area (TPSA) is 26.2 Å². The summed E-state index contributed by atoms with van der Waals surface area (Å²) in [6, 6.07) is 4.72. The van der Waals surface area contributed by atoms with E-state index in [1.54, 1.807) is 0 Å². The average molecular weight is 180 g/mol. The number of hydrogen-bond acceptors (Lipinski definition) is 2. The Bertz CT molecular complexity index is 268. The Morgan fingerprint density at radius 1 is 1.38 bits per heavy atom. The predicted molar refractivity (Wildman–Crippen MR) is 52.5 cm³/mol. The first-order valence-electron chi connectivity index (χ1n) is 4.76. The van der Waals surface area contributed by atoms with E-state index in [0.717, 1.165) is 19.6 Å². The second-order valence-corrected chi connectivity index (χ2v) is 3.64. The van der Waals surface area contributed by atoms with Crippen molar-refractivity contribution in [2.24, 2.45) is 0 Å². The predicted octanol–water partition coefficient (Wildman–Crippen LogP) is 1.44. The summed E-state index contributed by atoms with van der Waals surface area (Å²) in [6.07, 6.45) is 1.11. The largest absolute Gasteiger partial charge is 0.379 e. The molecule has 13 heavy (non-hydrogen) atoms. The van der Waals surface area contributed by atoms with Crippen molar-refractivity contribution < 1.29 is 4.74 Å². The van der Waals surface area contributed by atoms with Crippen LogP contribution in [0.2, 0.25) is 0 Å². The highest BCUT2D eigenvalue weighted by Crippen LogP contribution is 2.09. The van der Waals surface area contributed by atoms with Crippen molar-refractivity contribution in [1.29, 1.82) is 0 Å². The van der Waals surface area contributed by atoms with E-state index < -0.39 is 0 Å². The van der Waals surface area contributed by atoms with Gasteiger partial charge in [0.25, 0.3) is 0 Å². The number of rotatable bonds is 2. The zero-order chi connectivity index (χ0) is 9.26. The molecule has 0 amide bonds. The minimum atomic E-state index is 0.477. The van der Waals surface area contributed by atoms with E-state index in [-0.39, 0.29) is 0 Å². The second-order valence-electron chi connectivity index (χ2n) is 3.64. The van der Waals surface area contributed by atoms with Crippen molar-refractivity contribution in [2.45, 2.75) is 26.3 Å². The van der Waals surface area contributed by atoms with Crippen LogP contribution >= 0.6 is 0 Å². The lowest BCUT2D eigenvalue weighted by molar-refractivity contribution is 0.194. The number of aromatic nitrogens is 1. The lowest BCUT2D eigenvalue weighted by atomic mass is 10.3. The minimum absolute atomic E-state index is 0.477. The molecule has 1 atom stereocenters. The Balaban J connectivity index is 2.07. The summed E-state index contributed by atoms with van der Waals surface area (Å²) >= 11 is 0. The molecule has 72 valence electrons. The van der Waals surface area contributed by atoms with Crippen LogP contribution in [-0.4, -0.2) is 23.9 Å². The highest BCUT2D eigenvalue weighted by molar-refractivity contribution is 5.16. The van der Waals surface area contributed by atoms with Crippen molar-refractivity contribution in [3.05, 3.63) is 23.5 Å². The van der Waals surface area contributed by atoms with E-state index in [0.29, 0.717) is 6.04 Å². The highest BCUT2D eigenvalue weighted by Gasteiger charge is 2.15. The van der Waals surface area contributed by atoms with Gasteiger partial charge in [-0.1, -0.05) is 0 Å². The minimum Gasteiger partial charge on any atom is -0.379 e. The number of aryl methyl sites for hydroxylation is 2. The quantitative estimate of drug-likeness (QED) is 0.745. The molecule has 0 aliphatic carbocycles. The fourth-order valence-corrected chi connectivity index (χ4v) is 1.69.